The lowest BCUT2D eigenvalue weighted by Crippen LogP contribution is -2.40. The second-order valence-electron chi connectivity index (χ2n) is 5.76. The number of rotatable bonds is 6. The maximum atomic E-state index is 12.0. The van der Waals surface area contributed by atoms with Crippen LogP contribution in [0.25, 0.3) is 0 Å². The normalized spacial score (nSPS) is 12.8. The number of nitro benzene ring substituents is 1. The molecule has 0 aliphatic rings. The van der Waals surface area contributed by atoms with Gasteiger partial charge in [0.25, 0.3) is 5.69 Å². The van der Waals surface area contributed by atoms with Crippen LogP contribution in [0.15, 0.2) is 24.3 Å². The van der Waals surface area contributed by atoms with Gasteiger partial charge in [-0.1, -0.05) is 25.1 Å². The number of hydrogen-bond donors (Lipinski definition) is 1. The predicted molar refractivity (Wildman–Crippen MR) is 79.9 cm³/mol. The third kappa shape index (κ3) is 5.51. The molecule has 1 rings (SSSR count). The number of nitrogens with zero attached hydrogens (tertiary/aromatic N) is 1. The number of carbonyl (C=O) groups is 1. The van der Waals surface area contributed by atoms with Gasteiger partial charge in [-0.3, -0.25) is 14.9 Å². The second kappa shape index (κ2) is 7.17. The van der Waals surface area contributed by atoms with Crippen molar-refractivity contribution in [1.82, 2.24) is 5.32 Å². The Morgan fingerprint density at radius 1 is 1.38 bits per heavy atom. The van der Waals surface area contributed by atoms with Gasteiger partial charge < -0.3 is 10.1 Å². The van der Waals surface area contributed by atoms with Crippen LogP contribution in [0.2, 0.25) is 0 Å². The molecule has 0 heterocycles. The van der Waals surface area contributed by atoms with E-state index >= 15 is 0 Å². The molecule has 1 aromatic carbocycles. The topological polar surface area (TPSA) is 81.5 Å². The SMILES string of the molecule is CCC(NCc1ccccc1[N+](=O)[O-])C(=O)OC(C)(C)C. The van der Waals surface area contributed by atoms with Crippen LogP contribution in [0.3, 0.4) is 0 Å². The molecule has 1 aromatic rings. The molecule has 0 fully saturated rings. The molecule has 1 N–H and O–H groups in total. The molecule has 6 heteroatoms. The molecule has 1 atom stereocenters. The first-order valence-corrected chi connectivity index (χ1v) is 6.93. The van der Waals surface area contributed by atoms with Crippen molar-refractivity contribution in [2.45, 2.75) is 52.3 Å². The second-order valence-corrected chi connectivity index (χ2v) is 5.76. The van der Waals surface area contributed by atoms with Gasteiger partial charge >= 0.3 is 5.97 Å². The maximum Gasteiger partial charge on any atom is 0.323 e. The highest BCUT2D eigenvalue weighted by Crippen LogP contribution is 2.18. The Hall–Kier alpha value is -1.95. The van der Waals surface area contributed by atoms with E-state index in [1.807, 2.05) is 6.92 Å². The summed E-state index contributed by atoms with van der Waals surface area (Å²) in [6, 6.07) is 5.99. The fraction of sp³-hybridized carbons (Fsp3) is 0.533. The molecule has 116 valence electrons. The van der Waals surface area contributed by atoms with Crippen LogP contribution in [-0.4, -0.2) is 22.5 Å². The first kappa shape index (κ1) is 17.1. The van der Waals surface area contributed by atoms with E-state index in [1.165, 1.54) is 6.07 Å². The maximum absolute atomic E-state index is 12.0. The average Bonchev–Trinajstić information content (AvgIpc) is 2.37. The van der Waals surface area contributed by atoms with Crippen molar-refractivity contribution in [3.05, 3.63) is 39.9 Å². The largest absolute Gasteiger partial charge is 0.459 e. The summed E-state index contributed by atoms with van der Waals surface area (Å²) in [5.41, 5.74) is 0.0406. The highest BCUT2D eigenvalue weighted by molar-refractivity contribution is 5.76. The lowest BCUT2D eigenvalue weighted by molar-refractivity contribution is -0.385. The third-order valence-electron chi connectivity index (χ3n) is 2.83. The highest BCUT2D eigenvalue weighted by Gasteiger charge is 2.24. The quantitative estimate of drug-likeness (QED) is 0.495. The van der Waals surface area contributed by atoms with Gasteiger partial charge in [0.15, 0.2) is 0 Å². The van der Waals surface area contributed by atoms with Gasteiger partial charge in [-0.2, -0.15) is 0 Å². The molecule has 0 spiro atoms. The number of esters is 1. The Balaban J connectivity index is 2.72. The number of benzene rings is 1. The summed E-state index contributed by atoms with van der Waals surface area (Å²) in [4.78, 5) is 22.5. The van der Waals surface area contributed by atoms with E-state index < -0.39 is 16.6 Å². The number of carbonyl (C=O) groups excluding carboxylic acids is 1. The van der Waals surface area contributed by atoms with Crippen molar-refractivity contribution in [2.75, 3.05) is 0 Å². The molecular weight excluding hydrogens is 272 g/mol. The van der Waals surface area contributed by atoms with Crippen LogP contribution in [0.5, 0.6) is 0 Å². The van der Waals surface area contributed by atoms with Crippen molar-refractivity contribution in [2.24, 2.45) is 0 Å². The number of para-hydroxylation sites is 1. The summed E-state index contributed by atoms with van der Waals surface area (Å²) in [5.74, 6) is -0.344. The van der Waals surface area contributed by atoms with Crippen molar-refractivity contribution in [3.8, 4) is 0 Å². The Bertz CT molecular complexity index is 509. The van der Waals surface area contributed by atoms with Crippen LogP contribution in [0.4, 0.5) is 5.69 Å². The summed E-state index contributed by atoms with van der Waals surface area (Å²) in [5, 5.41) is 14.0. The summed E-state index contributed by atoms with van der Waals surface area (Å²) >= 11 is 0. The Morgan fingerprint density at radius 3 is 2.52 bits per heavy atom. The fourth-order valence-electron chi connectivity index (χ4n) is 1.84. The van der Waals surface area contributed by atoms with E-state index in [0.29, 0.717) is 12.0 Å². The highest BCUT2D eigenvalue weighted by atomic mass is 16.6. The Morgan fingerprint density at radius 2 is 2.00 bits per heavy atom. The summed E-state index contributed by atoms with van der Waals surface area (Å²) in [6.07, 6.45) is 0.551. The summed E-state index contributed by atoms with van der Waals surface area (Å²) in [6.45, 7) is 7.52. The molecule has 0 saturated carbocycles. The Labute approximate surface area is 124 Å². The molecule has 0 amide bonds. The van der Waals surface area contributed by atoms with Crippen LogP contribution >= 0.6 is 0 Å². The molecule has 0 radical (unpaired) electrons. The zero-order valence-electron chi connectivity index (χ0n) is 12.9. The lowest BCUT2D eigenvalue weighted by Gasteiger charge is -2.24. The fourth-order valence-corrected chi connectivity index (χ4v) is 1.84. The van der Waals surface area contributed by atoms with Gasteiger partial charge in [0.2, 0.25) is 0 Å². The van der Waals surface area contributed by atoms with E-state index in [4.69, 9.17) is 4.74 Å². The average molecular weight is 294 g/mol. The smallest absolute Gasteiger partial charge is 0.323 e. The van der Waals surface area contributed by atoms with Gasteiger partial charge in [-0.05, 0) is 27.2 Å². The van der Waals surface area contributed by atoms with E-state index in [0.717, 1.165) is 0 Å². The molecule has 0 aliphatic carbocycles. The van der Waals surface area contributed by atoms with Crippen LogP contribution in [0.1, 0.15) is 39.7 Å². The minimum atomic E-state index is -0.551. The zero-order valence-corrected chi connectivity index (χ0v) is 12.9. The number of ether oxygens (including phenoxy) is 1. The first-order chi connectivity index (χ1) is 9.74. The molecular formula is C15H22N2O4. The molecule has 0 aromatic heterocycles. The van der Waals surface area contributed by atoms with Gasteiger partial charge in [0.1, 0.15) is 11.6 Å². The zero-order chi connectivity index (χ0) is 16.0. The van der Waals surface area contributed by atoms with Crippen LogP contribution in [0, 0.1) is 10.1 Å². The number of nitrogens with one attached hydrogen (secondary N) is 1. The molecule has 0 bridgehead atoms. The lowest BCUT2D eigenvalue weighted by atomic mass is 10.1. The monoisotopic (exact) mass is 294 g/mol. The minimum Gasteiger partial charge on any atom is -0.459 e. The number of hydrogen-bond acceptors (Lipinski definition) is 5. The van der Waals surface area contributed by atoms with Crippen LogP contribution < -0.4 is 5.32 Å². The first-order valence-electron chi connectivity index (χ1n) is 6.93. The summed E-state index contributed by atoms with van der Waals surface area (Å²) in [7, 11) is 0. The van der Waals surface area contributed by atoms with Gasteiger partial charge in [-0.25, -0.2) is 0 Å². The Kier molecular flexibility index (Phi) is 5.84. The van der Waals surface area contributed by atoms with Crippen molar-refractivity contribution in [1.29, 1.82) is 0 Å². The van der Waals surface area contributed by atoms with Crippen LogP contribution in [-0.2, 0) is 16.1 Å². The van der Waals surface area contributed by atoms with Crippen molar-refractivity contribution < 1.29 is 14.5 Å². The van der Waals surface area contributed by atoms with Gasteiger partial charge in [-0.15, -0.1) is 0 Å². The predicted octanol–water partition coefficient (Wildman–Crippen LogP) is 2.80. The van der Waals surface area contributed by atoms with Crippen molar-refractivity contribution >= 4 is 11.7 Å². The third-order valence-corrected chi connectivity index (χ3v) is 2.83. The van der Waals surface area contributed by atoms with E-state index in [9.17, 15) is 14.9 Å². The van der Waals surface area contributed by atoms with Gasteiger partial charge in [0.05, 0.1) is 4.92 Å². The van der Waals surface area contributed by atoms with E-state index in [1.54, 1.807) is 39.0 Å². The molecule has 0 saturated heterocycles. The molecule has 0 aliphatic heterocycles. The number of nitro groups is 1. The minimum absolute atomic E-state index is 0.0454. The molecule has 1 unspecified atom stereocenters. The van der Waals surface area contributed by atoms with Gasteiger partial charge in [0, 0.05) is 18.2 Å². The standard InChI is InChI=1S/C15H22N2O4/c1-5-12(14(18)21-15(2,3)4)16-10-11-8-6-7-9-13(11)17(19)20/h6-9,12,16H,5,10H2,1-4H3. The van der Waals surface area contributed by atoms with Crippen molar-refractivity contribution in [3.63, 3.8) is 0 Å². The molecule has 21 heavy (non-hydrogen) atoms. The summed E-state index contributed by atoms with van der Waals surface area (Å²) < 4.78 is 5.32. The van der Waals surface area contributed by atoms with E-state index in [-0.39, 0.29) is 18.2 Å². The molecule has 6 nitrogen and oxygen atoms in total. The van der Waals surface area contributed by atoms with E-state index in [2.05, 4.69) is 5.32 Å².